The molecule has 0 atom stereocenters. The van der Waals surface area contributed by atoms with Gasteiger partial charge in [-0.15, -0.1) is 0 Å². The summed E-state index contributed by atoms with van der Waals surface area (Å²) in [6.07, 6.45) is 3.40. The molecule has 2 aromatic rings. The van der Waals surface area contributed by atoms with Gasteiger partial charge in [-0.1, -0.05) is 12.2 Å². The molecule has 16 heavy (non-hydrogen) atoms. The third kappa shape index (κ3) is 2.20. The molecular weight excluding hydrogens is 220 g/mol. The van der Waals surface area contributed by atoms with Crippen molar-refractivity contribution in [1.29, 1.82) is 0 Å². The number of H-pyrrole nitrogens is 1. The fourth-order valence-corrected chi connectivity index (χ4v) is 1.56. The van der Waals surface area contributed by atoms with Gasteiger partial charge in [-0.3, -0.25) is 0 Å². The molecule has 2 rings (SSSR count). The Morgan fingerprint density at radius 1 is 1.50 bits per heavy atom. The number of nitrogens with one attached hydrogen (secondary N) is 2. The van der Waals surface area contributed by atoms with E-state index in [-0.39, 0.29) is 0 Å². The Labute approximate surface area is 98.5 Å². The first kappa shape index (κ1) is 10.6. The van der Waals surface area contributed by atoms with Crippen LogP contribution in [0.5, 0.6) is 0 Å². The lowest BCUT2D eigenvalue weighted by molar-refractivity contribution is 1.23. The summed E-state index contributed by atoms with van der Waals surface area (Å²) in [4.78, 5) is 7.17. The summed E-state index contributed by atoms with van der Waals surface area (Å²) in [6, 6.07) is 5.64. The van der Waals surface area contributed by atoms with E-state index >= 15 is 0 Å². The van der Waals surface area contributed by atoms with Gasteiger partial charge in [0.2, 0.25) is 0 Å². The molecular formula is C11H12N4S. The molecule has 0 aliphatic rings. The number of pyridine rings is 2. The summed E-state index contributed by atoms with van der Waals surface area (Å²) in [5.74, 6) is 0.764. The fraction of sp³-hybridized carbons (Fsp3) is 0.0909. The smallest absolute Gasteiger partial charge is 0.133 e. The molecule has 0 aliphatic carbocycles. The van der Waals surface area contributed by atoms with Crippen LogP contribution in [0.25, 0.3) is 0 Å². The molecule has 82 valence electrons. The van der Waals surface area contributed by atoms with Gasteiger partial charge in [-0.05, 0) is 30.7 Å². The van der Waals surface area contributed by atoms with Crippen molar-refractivity contribution in [1.82, 2.24) is 9.97 Å². The molecule has 2 heterocycles. The van der Waals surface area contributed by atoms with Gasteiger partial charge in [-0.2, -0.15) is 0 Å². The van der Waals surface area contributed by atoms with Crippen LogP contribution in [0, 0.1) is 11.6 Å². The largest absolute Gasteiger partial charge is 0.397 e. The monoisotopic (exact) mass is 232 g/mol. The summed E-state index contributed by atoms with van der Waals surface area (Å²) >= 11 is 5.15. The maximum atomic E-state index is 5.63. The Hall–Kier alpha value is -1.88. The predicted molar refractivity (Wildman–Crippen MR) is 68.3 cm³/mol. The zero-order valence-electron chi connectivity index (χ0n) is 8.82. The van der Waals surface area contributed by atoms with E-state index in [1.165, 1.54) is 0 Å². The van der Waals surface area contributed by atoms with Crippen molar-refractivity contribution in [2.24, 2.45) is 0 Å². The summed E-state index contributed by atoms with van der Waals surface area (Å²) in [7, 11) is 0. The highest BCUT2D eigenvalue weighted by molar-refractivity contribution is 7.71. The minimum absolute atomic E-state index is 0.653. The number of nitrogens with two attached hydrogens (primary N) is 1. The number of hydrogen-bond acceptors (Lipinski definition) is 4. The molecule has 2 aromatic heterocycles. The lowest BCUT2D eigenvalue weighted by Gasteiger charge is -2.08. The van der Waals surface area contributed by atoms with Crippen molar-refractivity contribution in [2.75, 3.05) is 11.1 Å². The normalized spacial score (nSPS) is 10.1. The van der Waals surface area contributed by atoms with Gasteiger partial charge >= 0.3 is 0 Å². The lowest BCUT2D eigenvalue weighted by Crippen LogP contribution is -1.98. The van der Waals surface area contributed by atoms with Gasteiger partial charge in [0.05, 0.1) is 17.6 Å². The average Bonchev–Trinajstić information content (AvgIpc) is 2.25. The second-order valence-electron chi connectivity index (χ2n) is 3.47. The molecule has 0 bridgehead atoms. The average molecular weight is 232 g/mol. The number of nitrogen functional groups attached to an aromatic ring is 1. The molecule has 0 radical (unpaired) electrons. The summed E-state index contributed by atoms with van der Waals surface area (Å²) in [5, 5.41) is 3.17. The van der Waals surface area contributed by atoms with E-state index in [0.29, 0.717) is 10.3 Å². The van der Waals surface area contributed by atoms with Crippen molar-refractivity contribution >= 4 is 29.4 Å². The van der Waals surface area contributed by atoms with E-state index in [1.54, 1.807) is 12.4 Å². The van der Waals surface area contributed by atoms with E-state index in [9.17, 15) is 0 Å². The third-order valence-corrected chi connectivity index (χ3v) is 2.51. The number of aromatic amines is 1. The van der Waals surface area contributed by atoms with Crippen LogP contribution in [0.2, 0.25) is 0 Å². The first-order valence-electron chi connectivity index (χ1n) is 4.83. The van der Waals surface area contributed by atoms with Crippen molar-refractivity contribution < 1.29 is 0 Å². The third-order valence-electron chi connectivity index (χ3n) is 2.17. The standard InChI is InChI=1S/C11H12N4S/c1-7-5-8(12)6-14-10(7)15-9-3-2-4-13-11(9)16/h2-6H,12H2,1H3,(H,13,16)(H,14,15). The molecule has 0 spiro atoms. The van der Waals surface area contributed by atoms with E-state index < -0.39 is 0 Å². The predicted octanol–water partition coefficient (Wildman–Crippen LogP) is 2.77. The first-order chi connectivity index (χ1) is 7.66. The highest BCUT2D eigenvalue weighted by Crippen LogP contribution is 2.19. The fourth-order valence-electron chi connectivity index (χ4n) is 1.37. The van der Waals surface area contributed by atoms with Gasteiger partial charge in [0.15, 0.2) is 0 Å². The first-order valence-corrected chi connectivity index (χ1v) is 5.24. The molecule has 0 aromatic carbocycles. The van der Waals surface area contributed by atoms with Gasteiger partial charge in [0.25, 0.3) is 0 Å². The van der Waals surface area contributed by atoms with Gasteiger partial charge < -0.3 is 16.0 Å². The van der Waals surface area contributed by atoms with Crippen LogP contribution in [0.4, 0.5) is 17.2 Å². The molecule has 0 aliphatic heterocycles. The maximum Gasteiger partial charge on any atom is 0.133 e. The zero-order valence-corrected chi connectivity index (χ0v) is 9.64. The Morgan fingerprint density at radius 3 is 3.00 bits per heavy atom. The molecule has 0 saturated heterocycles. The van der Waals surface area contributed by atoms with Crippen molar-refractivity contribution in [3.05, 3.63) is 40.8 Å². The zero-order chi connectivity index (χ0) is 11.5. The molecule has 0 saturated carbocycles. The van der Waals surface area contributed by atoms with Crippen LogP contribution in [0.3, 0.4) is 0 Å². The Kier molecular flexibility index (Phi) is 2.87. The molecule has 0 amide bonds. The molecule has 4 nitrogen and oxygen atoms in total. The van der Waals surface area contributed by atoms with Crippen LogP contribution in [0.1, 0.15) is 5.56 Å². The van der Waals surface area contributed by atoms with Crippen LogP contribution < -0.4 is 11.1 Å². The summed E-state index contributed by atoms with van der Waals surface area (Å²) < 4.78 is 0.653. The van der Waals surface area contributed by atoms with E-state index in [0.717, 1.165) is 17.1 Å². The molecule has 0 unspecified atom stereocenters. The Bertz CT molecular complexity index is 562. The van der Waals surface area contributed by atoms with Crippen LogP contribution in [-0.4, -0.2) is 9.97 Å². The number of aryl methyl sites for hydroxylation is 1. The second-order valence-corrected chi connectivity index (χ2v) is 3.88. The number of nitrogens with zero attached hydrogens (tertiary/aromatic N) is 1. The van der Waals surface area contributed by atoms with Crippen molar-refractivity contribution in [3.63, 3.8) is 0 Å². The second kappa shape index (κ2) is 4.32. The summed E-state index contributed by atoms with van der Waals surface area (Å²) in [5.41, 5.74) is 8.10. The van der Waals surface area contributed by atoms with E-state index in [1.807, 2.05) is 25.1 Å². The van der Waals surface area contributed by atoms with Crippen molar-refractivity contribution in [3.8, 4) is 0 Å². The topological polar surface area (TPSA) is 66.7 Å². The van der Waals surface area contributed by atoms with Crippen LogP contribution >= 0.6 is 12.2 Å². The van der Waals surface area contributed by atoms with Crippen molar-refractivity contribution in [2.45, 2.75) is 6.92 Å². The Balaban J connectivity index is 2.35. The van der Waals surface area contributed by atoms with Gasteiger partial charge in [-0.25, -0.2) is 4.98 Å². The quantitative estimate of drug-likeness (QED) is 0.696. The SMILES string of the molecule is Cc1cc(N)cnc1Nc1ccc[nH]c1=S. The molecule has 5 heteroatoms. The molecule has 4 N–H and O–H groups in total. The maximum absolute atomic E-state index is 5.63. The van der Waals surface area contributed by atoms with Crippen LogP contribution in [-0.2, 0) is 0 Å². The molecule has 0 fully saturated rings. The number of rotatable bonds is 2. The summed E-state index contributed by atoms with van der Waals surface area (Å²) in [6.45, 7) is 1.95. The highest BCUT2D eigenvalue weighted by Gasteiger charge is 2.01. The number of hydrogen-bond donors (Lipinski definition) is 3. The van der Waals surface area contributed by atoms with E-state index in [4.69, 9.17) is 18.0 Å². The lowest BCUT2D eigenvalue weighted by atomic mass is 10.2. The van der Waals surface area contributed by atoms with Gasteiger partial charge in [0, 0.05) is 6.20 Å². The number of aromatic nitrogens is 2. The minimum atomic E-state index is 0.653. The highest BCUT2D eigenvalue weighted by atomic mass is 32.1. The van der Waals surface area contributed by atoms with Gasteiger partial charge in [0.1, 0.15) is 10.5 Å². The van der Waals surface area contributed by atoms with E-state index in [2.05, 4.69) is 15.3 Å². The number of anilines is 3. The minimum Gasteiger partial charge on any atom is -0.397 e. The Morgan fingerprint density at radius 2 is 2.31 bits per heavy atom. The van der Waals surface area contributed by atoms with Crippen LogP contribution in [0.15, 0.2) is 30.6 Å².